The predicted molar refractivity (Wildman–Crippen MR) is 200 cm³/mol. The molecule has 0 bridgehead atoms. The van der Waals surface area contributed by atoms with Gasteiger partial charge in [0.15, 0.2) is 6.10 Å². The molecule has 1 saturated heterocycles. The zero-order valence-electron chi connectivity index (χ0n) is 32.9. The molecule has 2 N–H and O–H groups in total. The Labute approximate surface area is 309 Å². The van der Waals surface area contributed by atoms with E-state index in [0.717, 1.165) is 24.9 Å². The number of aromatic nitrogens is 1. The molecule has 1 aliphatic heterocycles. The summed E-state index contributed by atoms with van der Waals surface area (Å²) in [5.74, 6) is -1.60. The van der Waals surface area contributed by atoms with E-state index in [2.05, 4.69) is 15.6 Å². The standard InChI is InChI=1S/C39H59N5O6S/c1-10-25(5)35(42-37(48)32-18-15-19-43(32)9)39(49)44(11-2)33(24(3)4)22-34(50-28(8)46)38-41-31(23-51-38)36(47)40-30(20-26(6)27(7)45)21-29-16-13-12-14-17-29/h12-14,16-17,23-26,30,32-35H,10-11,15,18-22H2,1-9H3,(H,40,47)(H,42,48)/i12T. The van der Waals surface area contributed by atoms with Crippen molar-refractivity contribution in [1.29, 1.82) is 0 Å². The average molecular weight is 728 g/mol. The first-order valence-electron chi connectivity index (χ1n) is 18.9. The third-order valence-electron chi connectivity index (χ3n) is 10.1. The molecule has 0 radical (unpaired) electrons. The van der Waals surface area contributed by atoms with Gasteiger partial charge in [-0.1, -0.05) is 71.3 Å². The number of hydrogen-bond donors (Lipinski definition) is 2. The van der Waals surface area contributed by atoms with Crippen molar-refractivity contribution in [3.05, 3.63) is 52.0 Å². The van der Waals surface area contributed by atoms with Gasteiger partial charge in [0.1, 0.15) is 22.5 Å². The van der Waals surface area contributed by atoms with Crippen LogP contribution in [0.1, 0.15) is 116 Å². The molecule has 1 aliphatic rings. The van der Waals surface area contributed by atoms with E-state index in [-0.39, 0.29) is 65.6 Å². The number of Topliss-reactive ketones (excluding diaryl/α,β-unsaturated/α-hetero) is 1. The van der Waals surface area contributed by atoms with E-state index in [4.69, 9.17) is 6.11 Å². The molecule has 2 heterocycles. The maximum absolute atomic E-state index is 14.3. The summed E-state index contributed by atoms with van der Waals surface area (Å²) in [7, 11) is 1.93. The van der Waals surface area contributed by atoms with Gasteiger partial charge in [-0.2, -0.15) is 0 Å². The highest BCUT2D eigenvalue weighted by atomic mass is 32.1. The number of likely N-dealkylation sites (N-methyl/N-ethyl adjacent to an activating group) is 2. The van der Waals surface area contributed by atoms with Crippen LogP contribution in [0.3, 0.4) is 0 Å². The van der Waals surface area contributed by atoms with Crippen molar-refractivity contribution in [2.45, 2.75) is 124 Å². The highest BCUT2D eigenvalue weighted by Crippen LogP contribution is 2.31. The molecule has 1 aromatic heterocycles. The molecule has 3 rings (SSSR count). The van der Waals surface area contributed by atoms with Gasteiger partial charge < -0.3 is 20.3 Å². The SMILES string of the molecule is [3H]c1ccc(CC(CC(C)C(C)=O)NC(=O)c2csc(C(CC(C(C)C)N(CC)C(=O)C(NC(=O)C3CCCN3C)C(C)CC)OC(C)=O)n2)cc1. The molecule has 0 aliphatic carbocycles. The Morgan fingerprint density at radius 1 is 1.08 bits per heavy atom. The van der Waals surface area contributed by atoms with E-state index in [9.17, 15) is 24.0 Å². The largest absolute Gasteiger partial charge is 0.455 e. The van der Waals surface area contributed by atoms with Gasteiger partial charge in [0.25, 0.3) is 5.91 Å². The topological polar surface area (TPSA) is 138 Å². The van der Waals surface area contributed by atoms with Crippen LogP contribution in [-0.2, 0) is 30.3 Å². The quantitative estimate of drug-likeness (QED) is 0.179. The molecule has 7 atom stereocenters. The number of nitrogens with zero attached hydrogens (tertiary/aromatic N) is 3. The molecule has 11 nitrogen and oxygen atoms in total. The van der Waals surface area contributed by atoms with E-state index in [0.29, 0.717) is 36.9 Å². The molecule has 282 valence electrons. The number of thiazole rings is 1. The minimum atomic E-state index is -0.820. The first-order chi connectivity index (χ1) is 24.6. The minimum absolute atomic E-state index is 0.0273. The Kier molecular flexibility index (Phi) is 15.6. The summed E-state index contributed by atoms with van der Waals surface area (Å²) in [6, 6.07) is 5.75. The van der Waals surface area contributed by atoms with Crippen molar-refractivity contribution in [3.8, 4) is 0 Å². The third kappa shape index (κ3) is 12.0. The number of likely N-dealkylation sites (tertiary alicyclic amines) is 1. The van der Waals surface area contributed by atoms with Crippen molar-refractivity contribution >= 4 is 40.8 Å². The van der Waals surface area contributed by atoms with Crippen LogP contribution in [0.2, 0.25) is 0 Å². The fourth-order valence-corrected chi connectivity index (χ4v) is 7.55. The van der Waals surface area contributed by atoms with Crippen LogP contribution in [0.4, 0.5) is 0 Å². The van der Waals surface area contributed by atoms with Gasteiger partial charge >= 0.3 is 5.97 Å². The number of hydrogen-bond acceptors (Lipinski definition) is 9. The average Bonchev–Trinajstić information content (AvgIpc) is 3.76. The number of carbonyl (C=O) groups excluding carboxylic acids is 5. The Hall–Kier alpha value is -3.64. The zero-order chi connectivity index (χ0) is 38.7. The number of ketones is 1. The lowest BCUT2D eigenvalue weighted by atomic mass is 9.92. The van der Waals surface area contributed by atoms with Crippen molar-refractivity contribution in [1.82, 2.24) is 25.4 Å². The Balaban J connectivity index is 1.85. The Morgan fingerprint density at radius 3 is 2.31 bits per heavy atom. The van der Waals surface area contributed by atoms with Crippen LogP contribution in [0.5, 0.6) is 0 Å². The smallest absolute Gasteiger partial charge is 0.303 e. The number of carbonyl (C=O) groups is 5. The van der Waals surface area contributed by atoms with E-state index in [1.54, 1.807) is 22.4 Å². The number of ether oxygens (including phenoxy) is 1. The van der Waals surface area contributed by atoms with Gasteiger partial charge in [-0.15, -0.1) is 11.3 Å². The normalized spacial score (nSPS) is 18.5. The second-order valence-electron chi connectivity index (χ2n) is 14.4. The molecule has 7 unspecified atom stereocenters. The Morgan fingerprint density at radius 2 is 1.76 bits per heavy atom. The number of amides is 3. The summed E-state index contributed by atoms with van der Waals surface area (Å²) in [6.07, 6.45) is 2.74. The highest BCUT2D eigenvalue weighted by molar-refractivity contribution is 7.09. The fraction of sp³-hybridized carbons (Fsp3) is 0.641. The summed E-state index contributed by atoms with van der Waals surface area (Å²) in [5, 5.41) is 8.21. The van der Waals surface area contributed by atoms with Crippen LogP contribution in [-0.4, -0.2) is 88.6 Å². The number of esters is 1. The summed E-state index contributed by atoms with van der Waals surface area (Å²) in [4.78, 5) is 74.2. The molecular formula is C39H59N5O6S. The maximum Gasteiger partial charge on any atom is 0.303 e. The van der Waals surface area contributed by atoms with Crippen LogP contribution in [0.15, 0.2) is 35.7 Å². The molecule has 0 saturated carbocycles. The van der Waals surface area contributed by atoms with Crippen LogP contribution < -0.4 is 10.6 Å². The maximum atomic E-state index is 14.3. The van der Waals surface area contributed by atoms with Crippen molar-refractivity contribution < 1.29 is 30.1 Å². The number of benzene rings is 1. The lowest BCUT2D eigenvalue weighted by Crippen LogP contribution is -2.57. The Bertz CT molecular complexity index is 1520. The van der Waals surface area contributed by atoms with Crippen LogP contribution >= 0.6 is 11.3 Å². The van der Waals surface area contributed by atoms with Crippen LogP contribution in [0.25, 0.3) is 0 Å². The number of nitrogens with one attached hydrogen (secondary N) is 2. The minimum Gasteiger partial charge on any atom is -0.455 e. The lowest BCUT2D eigenvalue weighted by Gasteiger charge is -2.39. The molecule has 1 aromatic carbocycles. The van der Waals surface area contributed by atoms with Gasteiger partial charge in [-0.05, 0) is 70.5 Å². The van der Waals surface area contributed by atoms with Crippen molar-refractivity contribution in [2.75, 3.05) is 20.1 Å². The first-order valence-corrected chi connectivity index (χ1v) is 19.2. The molecule has 51 heavy (non-hydrogen) atoms. The summed E-state index contributed by atoms with van der Waals surface area (Å²) in [6.45, 7) is 15.8. The zero-order valence-corrected chi connectivity index (χ0v) is 32.7. The van der Waals surface area contributed by atoms with E-state index in [1.165, 1.54) is 25.2 Å². The predicted octanol–water partition coefficient (Wildman–Crippen LogP) is 5.59. The second-order valence-corrected chi connectivity index (χ2v) is 15.3. The van der Waals surface area contributed by atoms with Crippen molar-refractivity contribution in [2.24, 2.45) is 17.8 Å². The summed E-state index contributed by atoms with van der Waals surface area (Å²) < 4.78 is 13.6. The second kappa shape index (κ2) is 19.8. The molecular weight excluding hydrogens is 667 g/mol. The summed E-state index contributed by atoms with van der Waals surface area (Å²) >= 11 is 1.21. The third-order valence-corrected chi connectivity index (χ3v) is 11.1. The van der Waals surface area contributed by atoms with E-state index in [1.807, 2.05) is 65.6 Å². The monoisotopic (exact) mass is 727 g/mol. The van der Waals surface area contributed by atoms with Gasteiger partial charge in [0.2, 0.25) is 11.8 Å². The molecule has 12 heteroatoms. The number of rotatable bonds is 19. The van der Waals surface area contributed by atoms with Gasteiger partial charge in [0.05, 0.1) is 7.41 Å². The molecule has 1 fully saturated rings. The highest BCUT2D eigenvalue weighted by Gasteiger charge is 2.38. The molecule has 3 amide bonds. The van der Waals surface area contributed by atoms with Gasteiger partial charge in [-0.25, -0.2) is 4.98 Å². The lowest BCUT2D eigenvalue weighted by molar-refractivity contribution is -0.149. The van der Waals surface area contributed by atoms with Gasteiger partial charge in [0, 0.05) is 43.3 Å². The van der Waals surface area contributed by atoms with E-state index < -0.39 is 24.0 Å². The van der Waals surface area contributed by atoms with Gasteiger partial charge in [-0.3, -0.25) is 28.9 Å². The molecule has 0 spiro atoms. The first kappa shape index (κ1) is 40.1. The summed E-state index contributed by atoms with van der Waals surface area (Å²) in [5.41, 5.74) is 1.10. The van der Waals surface area contributed by atoms with Crippen molar-refractivity contribution in [3.63, 3.8) is 0 Å². The van der Waals surface area contributed by atoms with E-state index >= 15 is 0 Å². The van der Waals surface area contributed by atoms with Crippen LogP contribution in [0, 0.1) is 17.8 Å². The molecule has 2 aromatic rings. The fourth-order valence-electron chi connectivity index (χ4n) is 6.71.